The molecular weight excluding hydrogens is 349 g/mol. The molecule has 0 aliphatic carbocycles. The quantitative estimate of drug-likeness (QED) is 0.831. The fourth-order valence-electron chi connectivity index (χ4n) is 2.83. The van der Waals surface area contributed by atoms with Crippen molar-refractivity contribution < 1.29 is 9.90 Å². The van der Waals surface area contributed by atoms with Gasteiger partial charge in [-0.05, 0) is 26.0 Å². The van der Waals surface area contributed by atoms with Gasteiger partial charge in [-0.25, -0.2) is 0 Å². The molecule has 1 aromatic rings. The minimum Gasteiger partial charge on any atom is -0.389 e. The summed E-state index contributed by atoms with van der Waals surface area (Å²) in [4.78, 5) is 16.2. The lowest BCUT2D eigenvalue weighted by Gasteiger charge is -2.39. The maximum absolute atomic E-state index is 11.8. The zero-order chi connectivity index (χ0) is 17.9. The second-order valence-electron chi connectivity index (χ2n) is 6.76. The zero-order valence-corrected chi connectivity index (χ0v) is 15.9. The van der Waals surface area contributed by atoms with E-state index >= 15 is 0 Å². The molecule has 0 aromatic heterocycles. The van der Waals surface area contributed by atoms with Crippen molar-refractivity contribution in [1.29, 1.82) is 0 Å². The lowest BCUT2D eigenvalue weighted by atomic mass is 10.1. The normalized spacial score (nSPS) is 16.3. The van der Waals surface area contributed by atoms with Gasteiger partial charge in [0.1, 0.15) is 0 Å². The number of aliphatic hydroxyl groups is 1. The number of β-amino-alcohol motifs (C(OH)–C–C–N with tert-alkyl or cyclic N) is 1. The lowest BCUT2D eigenvalue weighted by Crippen LogP contribution is -2.50. The van der Waals surface area contributed by atoms with E-state index in [2.05, 4.69) is 15.1 Å². The number of anilines is 2. The molecule has 1 saturated heterocycles. The predicted molar refractivity (Wildman–Crippen MR) is 100 cm³/mol. The van der Waals surface area contributed by atoms with Crippen molar-refractivity contribution in [2.24, 2.45) is 0 Å². The van der Waals surface area contributed by atoms with Crippen molar-refractivity contribution in [3.8, 4) is 0 Å². The number of carbonyl (C=O) groups excluding carboxylic acids is 1. The average Bonchev–Trinajstić information content (AvgIpc) is 2.50. The van der Waals surface area contributed by atoms with Crippen molar-refractivity contribution in [1.82, 2.24) is 4.90 Å². The Hall–Kier alpha value is -1.01. The second kappa shape index (κ2) is 7.91. The molecule has 1 fully saturated rings. The van der Waals surface area contributed by atoms with Crippen LogP contribution in [0, 0.1) is 0 Å². The summed E-state index contributed by atoms with van der Waals surface area (Å²) in [6.07, 6.45) is 0.402. The standard InChI is InChI=1S/C17H25Cl2N3O2/c1-4-16(23)20-14-9-12(18)13(19)10-15(14)22-7-5-21(6-8-22)11-17(2,3)24/h9-10,24H,4-8,11H2,1-3H3,(H,20,23). The number of piperazine rings is 1. The molecule has 2 N–H and O–H groups in total. The Bertz CT molecular complexity index is 594. The first-order valence-corrected chi connectivity index (χ1v) is 8.94. The van der Waals surface area contributed by atoms with E-state index in [1.165, 1.54) is 0 Å². The molecule has 0 unspecified atom stereocenters. The number of benzene rings is 1. The van der Waals surface area contributed by atoms with Gasteiger partial charge in [-0.1, -0.05) is 30.1 Å². The summed E-state index contributed by atoms with van der Waals surface area (Å²) >= 11 is 12.3. The summed E-state index contributed by atoms with van der Waals surface area (Å²) in [5.74, 6) is -0.0599. The molecule has 1 amide bonds. The summed E-state index contributed by atoms with van der Waals surface area (Å²) in [7, 11) is 0. The highest BCUT2D eigenvalue weighted by Crippen LogP contribution is 2.35. The van der Waals surface area contributed by atoms with Gasteiger partial charge in [-0.2, -0.15) is 0 Å². The van der Waals surface area contributed by atoms with E-state index in [1.807, 2.05) is 20.8 Å². The summed E-state index contributed by atoms with van der Waals surface area (Å²) in [5.41, 5.74) is 0.868. The third kappa shape index (κ3) is 5.24. The smallest absolute Gasteiger partial charge is 0.224 e. The minimum atomic E-state index is -0.702. The van der Waals surface area contributed by atoms with E-state index in [-0.39, 0.29) is 5.91 Å². The number of nitrogens with one attached hydrogen (secondary N) is 1. The SMILES string of the molecule is CCC(=O)Nc1cc(Cl)c(Cl)cc1N1CCN(CC(C)(C)O)CC1. The molecule has 0 spiro atoms. The van der Waals surface area contributed by atoms with E-state index in [1.54, 1.807) is 12.1 Å². The highest BCUT2D eigenvalue weighted by Gasteiger charge is 2.24. The summed E-state index contributed by atoms with van der Waals surface area (Å²) in [6, 6.07) is 3.51. The topological polar surface area (TPSA) is 55.8 Å². The first kappa shape index (κ1) is 19.3. The number of rotatable bonds is 5. The van der Waals surface area contributed by atoms with Gasteiger partial charge in [0.2, 0.25) is 5.91 Å². The van der Waals surface area contributed by atoms with Crippen molar-refractivity contribution >= 4 is 40.5 Å². The van der Waals surface area contributed by atoms with Gasteiger partial charge in [0, 0.05) is 39.1 Å². The van der Waals surface area contributed by atoms with Crippen LogP contribution in [0.5, 0.6) is 0 Å². The van der Waals surface area contributed by atoms with E-state index in [0.717, 1.165) is 31.9 Å². The molecular formula is C17H25Cl2N3O2. The number of carbonyl (C=O) groups is 1. The highest BCUT2D eigenvalue weighted by atomic mass is 35.5. The van der Waals surface area contributed by atoms with Crippen molar-refractivity contribution in [3.05, 3.63) is 22.2 Å². The largest absolute Gasteiger partial charge is 0.389 e. The predicted octanol–water partition coefficient (Wildman–Crippen LogP) is 3.23. The van der Waals surface area contributed by atoms with Gasteiger partial charge < -0.3 is 15.3 Å². The molecule has 1 aliphatic heterocycles. The van der Waals surface area contributed by atoms with Crippen LogP contribution in [0.15, 0.2) is 12.1 Å². The van der Waals surface area contributed by atoms with Gasteiger partial charge in [-0.3, -0.25) is 9.69 Å². The number of nitrogens with zero attached hydrogens (tertiary/aromatic N) is 2. The van der Waals surface area contributed by atoms with Crippen LogP contribution in [0.25, 0.3) is 0 Å². The molecule has 0 saturated carbocycles. The molecule has 1 aromatic carbocycles. The summed E-state index contributed by atoms with van der Waals surface area (Å²) in [5, 5.41) is 13.7. The van der Waals surface area contributed by atoms with Gasteiger partial charge >= 0.3 is 0 Å². The van der Waals surface area contributed by atoms with Crippen LogP contribution in [-0.4, -0.2) is 54.2 Å². The maximum Gasteiger partial charge on any atom is 0.224 e. The first-order valence-electron chi connectivity index (χ1n) is 8.18. The minimum absolute atomic E-state index is 0.0599. The number of hydrogen-bond acceptors (Lipinski definition) is 4. The molecule has 0 atom stereocenters. The van der Waals surface area contributed by atoms with E-state index in [4.69, 9.17) is 23.2 Å². The van der Waals surface area contributed by atoms with Crippen LogP contribution in [-0.2, 0) is 4.79 Å². The Morgan fingerprint density at radius 2 is 1.79 bits per heavy atom. The van der Waals surface area contributed by atoms with Crippen molar-refractivity contribution in [2.75, 3.05) is 42.9 Å². The van der Waals surface area contributed by atoms with Crippen LogP contribution in [0.3, 0.4) is 0 Å². The number of amides is 1. The Morgan fingerprint density at radius 1 is 1.21 bits per heavy atom. The molecule has 0 bridgehead atoms. The number of hydrogen-bond donors (Lipinski definition) is 2. The third-order valence-corrected chi connectivity index (χ3v) is 4.68. The maximum atomic E-state index is 11.8. The molecule has 2 rings (SSSR count). The van der Waals surface area contributed by atoms with Crippen LogP contribution in [0.4, 0.5) is 11.4 Å². The van der Waals surface area contributed by atoms with Crippen LogP contribution < -0.4 is 10.2 Å². The highest BCUT2D eigenvalue weighted by molar-refractivity contribution is 6.42. The van der Waals surface area contributed by atoms with Gasteiger partial charge in [0.05, 0.1) is 27.0 Å². The van der Waals surface area contributed by atoms with Crippen LogP contribution in [0.2, 0.25) is 10.0 Å². The van der Waals surface area contributed by atoms with E-state index in [9.17, 15) is 9.90 Å². The molecule has 1 aliphatic rings. The van der Waals surface area contributed by atoms with E-state index < -0.39 is 5.60 Å². The molecule has 1 heterocycles. The van der Waals surface area contributed by atoms with Gasteiger partial charge in [0.25, 0.3) is 0 Å². The molecule has 0 radical (unpaired) electrons. The second-order valence-corrected chi connectivity index (χ2v) is 7.58. The van der Waals surface area contributed by atoms with Crippen molar-refractivity contribution in [2.45, 2.75) is 32.8 Å². The fraction of sp³-hybridized carbons (Fsp3) is 0.588. The lowest BCUT2D eigenvalue weighted by molar-refractivity contribution is -0.115. The zero-order valence-electron chi connectivity index (χ0n) is 14.4. The monoisotopic (exact) mass is 373 g/mol. The summed E-state index contributed by atoms with van der Waals surface area (Å²) < 4.78 is 0. The fourth-order valence-corrected chi connectivity index (χ4v) is 3.15. The third-order valence-electron chi connectivity index (χ3n) is 3.96. The first-order chi connectivity index (χ1) is 11.2. The van der Waals surface area contributed by atoms with Gasteiger partial charge in [0.15, 0.2) is 0 Å². The Balaban J connectivity index is 2.14. The Kier molecular flexibility index (Phi) is 6.37. The summed E-state index contributed by atoms with van der Waals surface area (Å²) in [6.45, 7) is 9.35. The number of halogens is 2. The Morgan fingerprint density at radius 3 is 2.33 bits per heavy atom. The van der Waals surface area contributed by atoms with Gasteiger partial charge in [-0.15, -0.1) is 0 Å². The molecule has 24 heavy (non-hydrogen) atoms. The molecule has 134 valence electrons. The Labute approximate surface area is 153 Å². The van der Waals surface area contributed by atoms with Crippen LogP contribution >= 0.6 is 23.2 Å². The average molecular weight is 374 g/mol. The molecule has 7 heteroatoms. The van der Waals surface area contributed by atoms with Crippen LogP contribution in [0.1, 0.15) is 27.2 Å². The van der Waals surface area contributed by atoms with Crippen molar-refractivity contribution in [3.63, 3.8) is 0 Å². The molecule has 5 nitrogen and oxygen atoms in total. The van der Waals surface area contributed by atoms with E-state index in [0.29, 0.717) is 28.7 Å².